The number of anilines is 9. The lowest BCUT2D eigenvalue weighted by Crippen LogP contribution is -2.14. The Bertz CT molecular complexity index is 2180. The zero-order chi connectivity index (χ0) is 32.8. The Morgan fingerprint density at radius 3 is 0.796 bits per heavy atom. The quantitative estimate of drug-likeness (QED) is 0.158. The SMILES string of the molecule is c1ccc(N(c2ccccc2)c2ccc(N(c3ccccc3)c3ccc(N(c4ccccc4)c4ccccc4)c4nccnc34)cc2)cc1. The van der Waals surface area contributed by atoms with Crippen molar-refractivity contribution in [2.75, 3.05) is 14.7 Å². The van der Waals surface area contributed by atoms with Crippen molar-refractivity contribution < 1.29 is 0 Å². The van der Waals surface area contributed by atoms with E-state index in [1.165, 1.54) is 0 Å². The molecule has 0 atom stereocenters. The predicted molar refractivity (Wildman–Crippen MR) is 204 cm³/mol. The van der Waals surface area contributed by atoms with Crippen LogP contribution in [0, 0.1) is 0 Å². The normalized spacial score (nSPS) is 10.9. The van der Waals surface area contributed by atoms with Gasteiger partial charge in [0.15, 0.2) is 0 Å². The van der Waals surface area contributed by atoms with E-state index in [-0.39, 0.29) is 0 Å². The van der Waals surface area contributed by atoms with Gasteiger partial charge in [0.25, 0.3) is 0 Å². The number of nitrogens with zero attached hydrogens (tertiary/aromatic N) is 5. The van der Waals surface area contributed by atoms with Crippen LogP contribution in [0.15, 0.2) is 200 Å². The van der Waals surface area contributed by atoms with E-state index in [0.29, 0.717) is 0 Å². The molecule has 0 saturated heterocycles. The number of hydrogen-bond acceptors (Lipinski definition) is 5. The summed E-state index contributed by atoms with van der Waals surface area (Å²) >= 11 is 0. The Hall–Kier alpha value is -6.72. The molecule has 0 saturated carbocycles. The van der Waals surface area contributed by atoms with Gasteiger partial charge in [0.05, 0.1) is 11.4 Å². The summed E-state index contributed by atoms with van der Waals surface area (Å²) in [5.74, 6) is 0. The fourth-order valence-corrected chi connectivity index (χ4v) is 6.33. The van der Waals surface area contributed by atoms with Crippen LogP contribution in [-0.4, -0.2) is 9.97 Å². The highest BCUT2D eigenvalue weighted by molar-refractivity contribution is 6.03. The van der Waals surface area contributed by atoms with Crippen molar-refractivity contribution in [2.45, 2.75) is 0 Å². The summed E-state index contributed by atoms with van der Waals surface area (Å²) in [5.41, 5.74) is 10.9. The molecule has 8 rings (SSSR count). The molecule has 0 bridgehead atoms. The Morgan fingerprint density at radius 1 is 0.245 bits per heavy atom. The van der Waals surface area contributed by atoms with Crippen LogP contribution in [0.2, 0.25) is 0 Å². The highest BCUT2D eigenvalue weighted by atomic mass is 15.2. The minimum absolute atomic E-state index is 0.806. The molecule has 0 aliphatic rings. The lowest BCUT2D eigenvalue weighted by atomic mass is 10.1. The van der Waals surface area contributed by atoms with Crippen LogP contribution in [0.25, 0.3) is 11.0 Å². The molecule has 8 aromatic rings. The van der Waals surface area contributed by atoms with Crippen LogP contribution in [-0.2, 0) is 0 Å². The molecule has 234 valence electrons. The van der Waals surface area contributed by atoms with Crippen molar-refractivity contribution >= 4 is 62.2 Å². The van der Waals surface area contributed by atoms with Crippen molar-refractivity contribution in [3.8, 4) is 0 Å². The van der Waals surface area contributed by atoms with E-state index in [9.17, 15) is 0 Å². The minimum Gasteiger partial charge on any atom is -0.311 e. The van der Waals surface area contributed by atoms with E-state index >= 15 is 0 Å². The minimum atomic E-state index is 0.806. The number of aromatic nitrogens is 2. The lowest BCUT2D eigenvalue weighted by Gasteiger charge is -2.30. The van der Waals surface area contributed by atoms with Crippen molar-refractivity contribution in [3.05, 3.63) is 200 Å². The van der Waals surface area contributed by atoms with Gasteiger partial charge in [0.1, 0.15) is 11.0 Å². The second-order valence-corrected chi connectivity index (χ2v) is 11.6. The monoisotopic (exact) mass is 631 g/mol. The number of fused-ring (bicyclic) bond motifs is 1. The van der Waals surface area contributed by atoms with E-state index in [1.807, 2.05) is 30.3 Å². The Morgan fingerprint density at radius 2 is 0.490 bits per heavy atom. The highest BCUT2D eigenvalue weighted by Gasteiger charge is 2.22. The van der Waals surface area contributed by atoms with Crippen LogP contribution in [0.5, 0.6) is 0 Å². The maximum atomic E-state index is 4.97. The average molecular weight is 632 g/mol. The first kappa shape index (κ1) is 29.7. The maximum Gasteiger partial charge on any atom is 0.115 e. The second-order valence-electron chi connectivity index (χ2n) is 11.6. The third kappa shape index (κ3) is 5.97. The fourth-order valence-electron chi connectivity index (χ4n) is 6.33. The zero-order valence-corrected chi connectivity index (χ0v) is 26.8. The topological polar surface area (TPSA) is 35.5 Å². The van der Waals surface area contributed by atoms with Crippen LogP contribution in [0.4, 0.5) is 51.2 Å². The molecule has 0 unspecified atom stereocenters. The average Bonchev–Trinajstić information content (AvgIpc) is 3.18. The smallest absolute Gasteiger partial charge is 0.115 e. The Labute approximate surface area is 286 Å². The number of benzene rings is 7. The van der Waals surface area contributed by atoms with Gasteiger partial charge in [-0.15, -0.1) is 0 Å². The summed E-state index contributed by atoms with van der Waals surface area (Å²) in [5, 5.41) is 0. The second kappa shape index (κ2) is 13.6. The summed E-state index contributed by atoms with van der Waals surface area (Å²) in [6, 6.07) is 65.2. The maximum absolute atomic E-state index is 4.97. The first-order valence-corrected chi connectivity index (χ1v) is 16.3. The molecule has 5 nitrogen and oxygen atoms in total. The van der Waals surface area contributed by atoms with Crippen LogP contribution < -0.4 is 14.7 Å². The van der Waals surface area contributed by atoms with E-state index < -0.39 is 0 Å². The molecule has 0 aliphatic carbocycles. The standard InChI is InChI=1S/C44H33N5/c1-6-16-34(17-7-1)47(35-18-8-2-9-19-35)39-26-28-40(29-27-39)49(38-24-14-5-15-25-38)42-31-30-41(43-44(42)46-33-32-45-43)48(36-20-10-3-11-21-36)37-22-12-4-13-23-37/h1-33H. The van der Waals surface area contributed by atoms with Gasteiger partial charge in [-0.25, -0.2) is 0 Å². The molecule has 0 spiro atoms. The molecule has 0 aliphatic heterocycles. The fraction of sp³-hybridized carbons (Fsp3) is 0. The first-order chi connectivity index (χ1) is 24.3. The van der Waals surface area contributed by atoms with Gasteiger partial charge in [0.2, 0.25) is 0 Å². The number of rotatable bonds is 9. The molecule has 0 fully saturated rings. The Kier molecular flexibility index (Phi) is 8.21. The zero-order valence-electron chi connectivity index (χ0n) is 26.8. The third-order valence-corrected chi connectivity index (χ3v) is 8.50. The molecular weight excluding hydrogens is 599 g/mol. The van der Waals surface area contributed by atoms with Crippen LogP contribution in [0.1, 0.15) is 0 Å². The summed E-state index contributed by atoms with van der Waals surface area (Å²) in [6.07, 6.45) is 3.54. The molecule has 7 aromatic carbocycles. The molecular formula is C44H33N5. The van der Waals surface area contributed by atoms with Gasteiger partial charge in [-0.05, 0) is 97.1 Å². The predicted octanol–water partition coefficient (Wildman–Crippen LogP) is 12.0. The van der Waals surface area contributed by atoms with E-state index in [2.05, 4.69) is 172 Å². The summed E-state index contributed by atoms with van der Waals surface area (Å²) in [4.78, 5) is 16.7. The van der Waals surface area contributed by atoms with Crippen molar-refractivity contribution in [1.29, 1.82) is 0 Å². The van der Waals surface area contributed by atoms with Crippen LogP contribution >= 0.6 is 0 Å². The molecule has 0 N–H and O–H groups in total. The van der Waals surface area contributed by atoms with Gasteiger partial charge < -0.3 is 14.7 Å². The van der Waals surface area contributed by atoms with Gasteiger partial charge in [-0.1, -0.05) is 91.0 Å². The molecule has 1 aromatic heterocycles. The van der Waals surface area contributed by atoms with E-state index in [4.69, 9.17) is 9.97 Å². The van der Waals surface area contributed by atoms with E-state index in [0.717, 1.165) is 62.2 Å². The lowest BCUT2D eigenvalue weighted by molar-refractivity contribution is 1.22. The molecule has 0 radical (unpaired) electrons. The third-order valence-electron chi connectivity index (χ3n) is 8.50. The highest BCUT2D eigenvalue weighted by Crippen LogP contribution is 2.44. The van der Waals surface area contributed by atoms with Gasteiger partial charge >= 0.3 is 0 Å². The van der Waals surface area contributed by atoms with Gasteiger partial charge in [0, 0.05) is 52.2 Å². The van der Waals surface area contributed by atoms with Crippen molar-refractivity contribution in [3.63, 3.8) is 0 Å². The van der Waals surface area contributed by atoms with Crippen molar-refractivity contribution in [1.82, 2.24) is 9.97 Å². The van der Waals surface area contributed by atoms with Crippen LogP contribution in [0.3, 0.4) is 0 Å². The van der Waals surface area contributed by atoms with Crippen molar-refractivity contribution in [2.24, 2.45) is 0 Å². The largest absolute Gasteiger partial charge is 0.311 e. The molecule has 1 heterocycles. The van der Waals surface area contributed by atoms with Gasteiger partial charge in [-0.3, -0.25) is 9.97 Å². The number of para-hydroxylation sites is 5. The first-order valence-electron chi connectivity index (χ1n) is 16.3. The number of hydrogen-bond donors (Lipinski definition) is 0. The summed E-state index contributed by atoms with van der Waals surface area (Å²) < 4.78 is 0. The molecule has 49 heavy (non-hydrogen) atoms. The summed E-state index contributed by atoms with van der Waals surface area (Å²) in [7, 11) is 0. The summed E-state index contributed by atoms with van der Waals surface area (Å²) in [6.45, 7) is 0. The molecule has 0 amide bonds. The Balaban J connectivity index is 1.27. The van der Waals surface area contributed by atoms with Gasteiger partial charge in [-0.2, -0.15) is 0 Å². The molecule has 5 heteroatoms. The van der Waals surface area contributed by atoms with E-state index in [1.54, 1.807) is 12.4 Å².